The normalized spacial score (nSPS) is 12.8. The SMILES string of the molecule is C/C=C\C(=C/c1cscn1)N(C)C(=O)C(Cc1cc(F)cc(F)c1)NC(N)=O. The number of hydrogen-bond acceptors (Lipinski definition) is 4. The van der Waals surface area contributed by atoms with E-state index < -0.39 is 29.6 Å². The number of nitrogens with one attached hydrogen (secondary N) is 1. The molecule has 0 aliphatic heterocycles. The zero-order valence-corrected chi connectivity index (χ0v) is 16.2. The Hall–Kier alpha value is -3.07. The molecule has 0 radical (unpaired) electrons. The monoisotopic (exact) mass is 406 g/mol. The zero-order chi connectivity index (χ0) is 20.7. The number of halogens is 2. The number of aromatic nitrogens is 1. The average molecular weight is 406 g/mol. The maximum absolute atomic E-state index is 13.5. The van der Waals surface area contributed by atoms with Crippen LogP contribution in [0.1, 0.15) is 18.2 Å². The maximum Gasteiger partial charge on any atom is 0.312 e. The molecule has 2 rings (SSSR count). The van der Waals surface area contributed by atoms with Gasteiger partial charge in [-0.3, -0.25) is 4.79 Å². The first-order valence-corrected chi connectivity index (χ1v) is 9.25. The number of rotatable bonds is 7. The minimum atomic E-state index is -1.10. The lowest BCUT2D eigenvalue weighted by atomic mass is 10.0. The molecule has 0 fully saturated rings. The summed E-state index contributed by atoms with van der Waals surface area (Å²) in [6, 6.07) is 0.912. The van der Waals surface area contributed by atoms with Crippen LogP contribution in [0.2, 0.25) is 0 Å². The molecule has 0 spiro atoms. The van der Waals surface area contributed by atoms with E-state index >= 15 is 0 Å². The summed E-state index contributed by atoms with van der Waals surface area (Å²) >= 11 is 1.41. The van der Waals surface area contributed by atoms with Gasteiger partial charge in [-0.25, -0.2) is 18.6 Å². The molecule has 0 saturated heterocycles. The second kappa shape index (κ2) is 9.75. The number of thiazole rings is 1. The molecule has 1 aromatic heterocycles. The fourth-order valence-electron chi connectivity index (χ4n) is 2.57. The number of allylic oxidation sites excluding steroid dienone is 2. The third kappa shape index (κ3) is 5.98. The summed E-state index contributed by atoms with van der Waals surface area (Å²) in [4.78, 5) is 29.8. The molecule has 0 aliphatic rings. The van der Waals surface area contributed by atoms with Crippen LogP contribution in [0.25, 0.3) is 6.08 Å². The zero-order valence-electron chi connectivity index (χ0n) is 15.4. The fraction of sp³-hybridized carbons (Fsp3) is 0.211. The fourth-order valence-corrected chi connectivity index (χ4v) is 3.08. The van der Waals surface area contributed by atoms with E-state index in [0.29, 0.717) is 11.4 Å². The lowest BCUT2D eigenvalue weighted by Gasteiger charge is -2.25. The number of urea groups is 1. The van der Waals surface area contributed by atoms with Crippen molar-refractivity contribution < 1.29 is 18.4 Å². The van der Waals surface area contributed by atoms with Crippen molar-refractivity contribution >= 4 is 29.4 Å². The molecule has 3 N–H and O–H groups in total. The van der Waals surface area contributed by atoms with Crippen molar-refractivity contribution in [2.75, 3.05) is 7.05 Å². The number of carbonyl (C=O) groups excluding carboxylic acids is 2. The summed E-state index contributed by atoms with van der Waals surface area (Å²) in [6.07, 6.45) is 5.04. The molecule has 1 unspecified atom stereocenters. The van der Waals surface area contributed by atoms with Crippen molar-refractivity contribution in [3.8, 4) is 0 Å². The summed E-state index contributed by atoms with van der Waals surface area (Å²) in [6.45, 7) is 1.79. The Bertz CT molecular complexity index is 877. The third-order valence-corrected chi connectivity index (χ3v) is 4.38. The van der Waals surface area contributed by atoms with Gasteiger partial charge < -0.3 is 16.0 Å². The predicted molar refractivity (Wildman–Crippen MR) is 104 cm³/mol. The van der Waals surface area contributed by atoms with Crippen LogP contribution in [0.5, 0.6) is 0 Å². The lowest BCUT2D eigenvalue weighted by molar-refractivity contribution is -0.129. The first-order chi connectivity index (χ1) is 13.3. The molecule has 0 bridgehead atoms. The second-order valence-electron chi connectivity index (χ2n) is 5.92. The van der Waals surface area contributed by atoms with Gasteiger partial charge in [0, 0.05) is 30.6 Å². The van der Waals surface area contributed by atoms with Crippen LogP contribution in [0.15, 0.2) is 46.9 Å². The molecule has 2 aromatic rings. The van der Waals surface area contributed by atoms with Gasteiger partial charge in [0.1, 0.15) is 17.7 Å². The molecule has 6 nitrogen and oxygen atoms in total. The van der Waals surface area contributed by atoms with E-state index in [0.717, 1.165) is 18.2 Å². The van der Waals surface area contributed by atoms with Crippen molar-refractivity contribution in [1.82, 2.24) is 15.2 Å². The minimum absolute atomic E-state index is 0.124. The number of nitrogens with two attached hydrogens (primary N) is 1. The van der Waals surface area contributed by atoms with E-state index in [2.05, 4.69) is 10.3 Å². The van der Waals surface area contributed by atoms with Gasteiger partial charge in [-0.1, -0.05) is 6.08 Å². The Kier molecular flexibility index (Phi) is 7.39. The number of primary amides is 1. The largest absolute Gasteiger partial charge is 0.352 e. The molecule has 1 heterocycles. The predicted octanol–water partition coefficient (Wildman–Crippen LogP) is 3.08. The average Bonchev–Trinajstić information content (AvgIpc) is 3.11. The number of carbonyl (C=O) groups is 2. The quantitative estimate of drug-likeness (QED) is 0.693. The Morgan fingerprint density at radius 2 is 2.00 bits per heavy atom. The van der Waals surface area contributed by atoms with E-state index in [-0.39, 0.29) is 12.0 Å². The van der Waals surface area contributed by atoms with Crippen molar-refractivity contribution in [3.63, 3.8) is 0 Å². The van der Waals surface area contributed by atoms with E-state index in [1.807, 2.05) is 5.38 Å². The van der Waals surface area contributed by atoms with Crippen LogP contribution in [-0.2, 0) is 11.2 Å². The van der Waals surface area contributed by atoms with Crippen molar-refractivity contribution in [3.05, 3.63) is 69.8 Å². The summed E-state index contributed by atoms with van der Waals surface area (Å²) in [5.41, 5.74) is 8.26. The number of hydrogen-bond donors (Lipinski definition) is 2. The molecular formula is C19H20F2N4O2S. The van der Waals surface area contributed by atoms with Gasteiger partial charge in [-0.2, -0.15) is 0 Å². The smallest absolute Gasteiger partial charge is 0.312 e. The topological polar surface area (TPSA) is 88.3 Å². The molecule has 28 heavy (non-hydrogen) atoms. The van der Waals surface area contributed by atoms with E-state index in [9.17, 15) is 18.4 Å². The molecule has 0 aliphatic carbocycles. The minimum Gasteiger partial charge on any atom is -0.352 e. The van der Waals surface area contributed by atoms with Gasteiger partial charge in [0.15, 0.2) is 0 Å². The molecule has 0 saturated carbocycles. The number of benzene rings is 1. The van der Waals surface area contributed by atoms with Crippen LogP contribution in [0, 0.1) is 11.6 Å². The molecule has 1 atom stereocenters. The highest BCUT2D eigenvalue weighted by Gasteiger charge is 2.25. The van der Waals surface area contributed by atoms with Gasteiger partial charge in [-0.05, 0) is 36.8 Å². The van der Waals surface area contributed by atoms with Crippen LogP contribution < -0.4 is 11.1 Å². The first kappa shape index (κ1) is 21.2. The van der Waals surface area contributed by atoms with Crippen molar-refractivity contribution in [1.29, 1.82) is 0 Å². The molecular weight excluding hydrogens is 386 g/mol. The molecule has 3 amide bonds. The van der Waals surface area contributed by atoms with Crippen LogP contribution >= 0.6 is 11.3 Å². The maximum atomic E-state index is 13.5. The summed E-state index contributed by atoms with van der Waals surface area (Å²) in [7, 11) is 1.53. The van der Waals surface area contributed by atoms with Crippen LogP contribution in [0.3, 0.4) is 0 Å². The highest BCUT2D eigenvalue weighted by molar-refractivity contribution is 7.07. The van der Waals surface area contributed by atoms with Gasteiger partial charge in [0.05, 0.1) is 11.2 Å². The standard InChI is InChI=1S/C19H20F2N4O2S/c1-3-4-16(9-15-10-28-11-23-15)25(2)18(26)17(24-19(22)27)7-12-5-13(20)8-14(21)6-12/h3-6,8-11,17H,7H2,1-2H3,(H3,22,24,27)/b4-3-,16-9+. The lowest BCUT2D eigenvalue weighted by Crippen LogP contribution is -2.49. The Balaban J connectivity index is 2.30. The van der Waals surface area contributed by atoms with Gasteiger partial charge in [-0.15, -0.1) is 11.3 Å². The number of likely N-dealkylation sites (N-methyl/N-ethyl adjacent to an activating group) is 1. The highest BCUT2D eigenvalue weighted by Crippen LogP contribution is 2.16. The van der Waals surface area contributed by atoms with Gasteiger partial charge in [0.2, 0.25) is 5.91 Å². The molecule has 148 valence electrons. The van der Waals surface area contributed by atoms with Crippen molar-refractivity contribution in [2.24, 2.45) is 5.73 Å². The van der Waals surface area contributed by atoms with E-state index in [4.69, 9.17) is 5.73 Å². The van der Waals surface area contributed by atoms with Crippen LogP contribution in [-0.4, -0.2) is 34.9 Å². The first-order valence-electron chi connectivity index (χ1n) is 8.31. The Morgan fingerprint density at radius 1 is 1.32 bits per heavy atom. The third-order valence-electron chi connectivity index (χ3n) is 3.78. The molecule has 1 aromatic carbocycles. The highest BCUT2D eigenvalue weighted by atomic mass is 32.1. The summed E-state index contributed by atoms with van der Waals surface area (Å²) in [5, 5.41) is 4.16. The molecule has 9 heteroatoms. The Morgan fingerprint density at radius 3 is 2.54 bits per heavy atom. The van der Waals surface area contributed by atoms with Gasteiger partial charge in [0.25, 0.3) is 0 Å². The van der Waals surface area contributed by atoms with Crippen LogP contribution in [0.4, 0.5) is 13.6 Å². The van der Waals surface area contributed by atoms with E-state index in [1.54, 1.807) is 30.7 Å². The summed E-state index contributed by atoms with van der Waals surface area (Å²) < 4.78 is 26.9. The summed E-state index contributed by atoms with van der Waals surface area (Å²) in [5.74, 6) is -2.04. The number of amides is 3. The number of nitrogens with zero attached hydrogens (tertiary/aromatic N) is 2. The van der Waals surface area contributed by atoms with Crippen molar-refractivity contribution in [2.45, 2.75) is 19.4 Å². The van der Waals surface area contributed by atoms with Gasteiger partial charge >= 0.3 is 6.03 Å². The van der Waals surface area contributed by atoms with E-state index in [1.165, 1.54) is 23.3 Å². The second-order valence-corrected chi connectivity index (χ2v) is 6.64. The Labute approximate surface area is 165 Å².